The number of hydrogen-bond donors (Lipinski definition) is 1. The zero-order valence-corrected chi connectivity index (χ0v) is 16.2. The van der Waals surface area contributed by atoms with Crippen LogP contribution in [0.3, 0.4) is 0 Å². The van der Waals surface area contributed by atoms with Crippen molar-refractivity contribution in [2.45, 2.75) is 52.7 Å². The summed E-state index contributed by atoms with van der Waals surface area (Å²) in [6, 6.07) is 2.07. The van der Waals surface area contributed by atoms with E-state index in [1.807, 2.05) is 40.0 Å². The van der Waals surface area contributed by atoms with Crippen LogP contribution in [-0.4, -0.2) is 56.9 Å². The zero-order valence-electron chi connectivity index (χ0n) is 16.2. The van der Waals surface area contributed by atoms with Gasteiger partial charge >= 0.3 is 6.09 Å². The molecule has 0 radical (unpaired) electrons. The molecule has 1 aliphatic heterocycles. The Morgan fingerprint density at radius 3 is 2.73 bits per heavy atom. The number of rotatable bonds is 2. The van der Waals surface area contributed by atoms with Gasteiger partial charge in [0.2, 0.25) is 0 Å². The highest BCUT2D eigenvalue weighted by Gasteiger charge is 2.30. The standard InChI is InChI=1S/C18H28N6O2/c1-6-13-15(19)16-20-14(7-8-24(16)21-13)23-10-9-22(11-12(23)2)17(25)26-18(3,4)5/h7-8,12H,6,9-11,19H2,1-5H3/t12-/m1/s1. The van der Waals surface area contributed by atoms with Gasteiger partial charge in [-0.15, -0.1) is 0 Å². The number of carbonyl (C=O) groups is 1. The summed E-state index contributed by atoms with van der Waals surface area (Å²) in [4.78, 5) is 21.0. The minimum absolute atomic E-state index is 0.126. The van der Waals surface area contributed by atoms with Crippen LogP contribution in [0.1, 0.15) is 40.3 Å². The Kier molecular flexibility index (Phi) is 4.68. The molecule has 0 unspecified atom stereocenters. The third kappa shape index (κ3) is 3.54. The number of nitrogens with two attached hydrogens (primary N) is 1. The number of amides is 1. The average Bonchev–Trinajstić information content (AvgIpc) is 2.89. The van der Waals surface area contributed by atoms with Gasteiger partial charge in [0.1, 0.15) is 17.1 Å². The number of ether oxygens (including phenoxy) is 1. The Morgan fingerprint density at radius 1 is 1.38 bits per heavy atom. The van der Waals surface area contributed by atoms with E-state index in [0.29, 0.717) is 31.0 Å². The van der Waals surface area contributed by atoms with Crippen molar-refractivity contribution in [3.05, 3.63) is 18.0 Å². The van der Waals surface area contributed by atoms with Crippen LogP contribution in [0.2, 0.25) is 0 Å². The number of carbonyl (C=O) groups excluding carboxylic acids is 1. The van der Waals surface area contributed by atoms with E-state index in [4.69, 9.17) is 15.5 Å². The summed E-state index contributed by atoms with van der Waals surface area (Å²) in [5, 5.41) is 4.45. The number of nitrogens with zero attached hydrogens (tertiary/aromatic N) is 5. The first-order valence-corrected chi connectivity index (χ1v) is 9.08. The SMILES string of the molecule is CCc1nn2ccc(N3CCN(C(=O)OC(C)(C)C)C[C@H]3C)nc2c1N. The molecule has 1 saturated heterocycles. The summed E-state index contributed by atoms with van der Waals surface area (Å²) in [5.74, 6) is 0.850. The molecule has 1 aliphatic rings. The third-order valence-corrected chi connectivity index (χ3v) is 4.49. The molecule has 0 aliphatic carbocycles. The third-order valence-electron chi connectivity index (χ3n) is 4.49. The molecule has 0 saturated carbocycles. The molecule has 142 valence electrons. The highest BCUT2D eigenvalue weighted by Crippen LogP contribution is 2.23. The van der Waals surface area contributed by atoms with Crippen LogP contribution in [0.15, 0.2) is 12.3 Å². The summed E-state index contributed by atoms with van der Waals surface area (Å²) in [7, 11) is 0. The Hall–Kier alpha value is -2.51. The van der Waals surface area contributed by atoms with Gasteiger partial charge in [0, 0.05) is 31.9 Å². The van der Waals surface area contributed by atoms with Gasteiger partial charge in [-0.25, -0.2) is 14.3 Å². The van der Waals surface area contributed by atoms with E-state index in [-0.39, 0.29) is 12.1 Å². The minimum Gasteiger partial charge on any atom is -0.444 e. The molecule has 1 fully saturated rings. The van der Waals surface area contributed by atoms with Crippen LogP contribution < -0.4 is 10.6 Å². The number of fused-ring (bicyclic) bond motifs is 1. The van der Waals surface area contributed by atoms with Crippen LogP contribution in [0.5, 0.6) is 0 Å². The lowest BCUT2D eigenvalue weighted by molar-refractivity contribution is 0.0218. The lowest BCUT2D eigenvalue weighted by Crippen LogP contribution is -2.54. The highest BCUT2D eigenvalue weighted by molar-refractivity contribution is 5.70. The second-order valence-electron chi connectivity index (χ2n) is 7.74. The Balaban J connectivity index is 1.76. The van der Waals surface area contributed by atoms with E-state index < -0.39 is 5.60 Å². The molecule has 0 bridgehead atoms. The summed E-state index contributed by atoms with van der Waals surface area (Å²) >= 11 is 0. The molecule has 0 spiro atoms. The van der Waals surface area contributed by atoms with E-state index in [1.165, 1.54) is 0 Å². The van der Waals surface area contributed by atoms with E-state index in [0.717, 1.165) is 17.9 Å². The van der Waals surface area contributed by atoms with Gasteiger partial charge in [0.25, 0.3) is 0 Å². The molecule has 8 heteroatoms. The van der Waals surface area contributed by atoms with Gasteiger partial charge in [0.05, 0.1) is 5.69 Å². The Bertz CT molecular complexity index is 810. The quantitative estimate of drug-likeness (QED) is 0.884. The molecule has 2 aromatic heterocycles. The second kappa shape index (κ2) is 6.66. The fraction of sp³-hybridized carbons (Fsp3) is 0.611. The van der Waals surface area contributed by atoms with Crippen molar-refractivity contribution in [1.29, 1.82) is 0 Å². The second-order valence-corrected chi connectivity index (χ2v) is 7.74. The van der Waals surface area contributed by atoms with Gasteiger partial charge < -0.3 is 20.3 Å². The number of piperazine rings is 1. The van der Waals surface area contributed by atoms with Gasteiger partial charge in [0.15, 0.2) is 5.65 Å². The van der Waals surface area contributed by atoms with Crippen LogP contribution in [-0.2, 0) is 11.2 Å². The number of hydrogen-bond acceptors (Lipinski definition) is 6. The van der Waals surface area contributed by atoms with Crippen molar-refractivity contribution in [1.82, 2.24) is 19.5 Å². The first-order valence-electron chi connectivity index (χ1n) is 9.08. The number of aryl methyl sites for hydroxylation is 1. The zero-order chi connectivity index (χ0) is 19.1. The van der Waals surface area contributed by atoms with Crippen molar-refractivity contribution >= 4 is 23.2 Å². The molecular weight excluding hydrogens is 332 g/mol. The van der Waals surface area contributed by atoms with Gasteiger partial charge in [-0.2, -0.15) is 5.10 Å². The summed E-state index contributed by atoms with van der Waals surface area (Å²) in [6.45, 7) is 11.6. The lowest BCUT2D eigenvalue weighted by atomic mass is 10.2. The minimum atomic E-state index is -0.486. The molecule has 26 heavy (non-hydrogen) atoms. The average molecular weight is 360 g/mol. The lowest BCUT2D eigenvalue weighted by Gasteiger charge is -2.40. The molecule has 3 heterocycles. The predicted molar refractivity (Wildman–Crippen MR) is 101 cm³/mol. The first kappa shape index (κ1) is 18.3. The largest absolute Gasteiger partial charge is 0.444 e. The molecule has 0 aromatic carbocycles. The van der Waals surface area contributed by atoms with E-state index in [9.17, 15) is 4.79 Å². The molecule has 2 aromatic rings. The van der Waals surface area contributed by atoms with Crippen LogP contribution in [0.25, 0.3) is 5.65 Å². The van der Waals surface area contributed by atoms with Crippen molar-refractivity contribution in [3.8, 4) is 0 Å². The van der Waals surface area contributed by atoms with Gasteiger partial charge in [-0.3, -0.25) is 0 Å². The van der Waals surface area contributed by atoms with Crippen LogP contribution >= 0.6 is 0 Å². The maximum absolute atomic E-state index is 12.3. The van der Waals surface area contributed by atoms with Crippen molar-refractivity contribution < 1.29 is 9.53 Å². The normalized spacial score (nSPS) is 18.4. The summed E-state index contributed by atoms with van der Waals surface area (Å²) < 4.78 is 7.20. The Labute approximate surface area is 153 Å². The molecule has 3 rings (SSSR count). The first-order chi connectivity index (χ1) is 12.2. The molecule has 1 atom stereocenters. The topological polar surface area (TPSA) is 89.0 Å². The van der Waals surface area contributed by atoms with Gasteiger partial charge in [-0.1, -0.05) is 6.92 Å². The number of nitrogen functional groups attached to an aromatic ring is 1. The molecule has 2 N–H and O–H groups in total. The van der Waals surface area contributed by atoms with E-state index >= 15 is 0 Å². The summed E-state index contributed by atoms with van der Waals surface area (Å²) in [5.41, 5.74) is 7.86. The van der Waals surface area contributed by atoms with Crippen molar-refractivity contribution in [2.24, 2.45) is 0 Å². The number of aromatic nitrogens is 3. The maximum Gasteiger partial charge on any atom is 0.410 e. The van der Waals surface area contributed by atoms with E-state index in [1.54, 1.807) is 9.42 Å². The fourth-order valence-corrected chi connectivity index (χ4v) is 3.19. The molecule has 8 nitrogen and oxygen atoms in total. The monoisotopic (exact) mass is 360 g/mol. The van der Waals surface area contributed by atoms with Gasteiger partial charge in [-0.05, 0) is 40.2 Å². The molecule has 1 amide bonds. The van der Waals surface area contributed by atoms with Crippen molar-refractivity contribution in [2.75, 3.05) is 30.3 Å². The number of anilines is 2. The Morgan fingerprint density at radius 2 is 2.12 bits per heavy atom. The highest BCUT2D eigenvalue weighted by atomic mass is 16.6. The predicted octanol–water partition coefficient (Wildman–Crippen LogP) is 2.32. The molecular formula is C18H28N6O2. The van der Waals surface area contributed by atoms with E-state index in [2.05, 4.69) is 16.9 Å². The maximum atomic E-state index is 12.3. The fourth-order valence-electron chi connectivity index (χ4n) is 3.19. The van der Waals surface area contributed by atoms with Crippen molar-refractivity contribution in [3.63, 3.8) is 0 Å². The summed E-state index contributed by atoms with van der Waals surface area (Å²) in [6.07, 6.45) is 2.40. The smallest absolute Gasteiger partial charge is 0.410 e. The van der Waals surface area contributed by atoms with Crippen LogP contribution in [0, 0.1) is 0 Å². The van der Waals surface area contributed by atoms with Crippen LogP contribution in [0.4, 0.5) is 16.3 Å².